The van der Waals surface area contributed by atoms with Crippen molar-refractivity contribution in [3.63, 3.8) is 0 Å². The molecule has 5 aromatic rings. The predicted molar refractivity (Wildman–Crippen MR) is 169 cm³/mol. The third-order valence-corrected chi connectivity index (χ3v) is 9.99. The van der Waals surface area contributed by atoms with Crippen LogP contribution in [0.5, 0.6) is 0 Å². The van der Waals surface area contributed by atoms with Crippen LogP contribution in [0.1, 0.15) is 48.3 Å². The van der Waals surface area contributed by atoms with Crippen molar-refractivity contribution >= 4 is 17.4 Å². The highest BCUT2D eigenvalue weighted by molar-refractivity contribution is 6.43. The second-order valence-electron chi connectivity index (χ2n) is 9.98. The van der Waals surface area contributed by atoms with Gasteiger partial charge in [0.25, 0.3) is 0 Å². The molecule has 0 N–H and O–H groups in total. The molecule has 0 bridgehead atoms. The lowest BCUT2D eigenvalue weighted by Crippen LogP contribution is -2.43. The molecule has 1 unspecified atom stereocenters. The molecule has 1 atom stereocenters. The Morgan fingerprint density at radius 1 is 0.769 bits per heavy atom. The van der Waals surface area contributed by atoms with E-state index in [9.17, 15) is 0 Å². The first-order valence-electron chi connectivity index (χ1n) is 13.7. The lowest BCUT2D eigenvalue weighted by molar-refractivity contribution is 0.582. The quantitative estimate of drug-likeness (QED) is 0.144. The van der Waals surface area contributed by atoms with Crippen LogP contribution < -0.4 is 0 Å². The fraction of sp³-hybridized carbons (Fsp3) is 0.171. The fourth-order valence-electron chi connectivity index (χ4n) is 5.19. The molecule has 0 saturated carbocycles. The predicted octanol–water partition coefficient (Wildman–Crippen LogP) is 7.52. The number of allylic oxidation sites excluding steroid dienone is 2. The maximum absolute atomic E-state index is 6.12. The monoisotopic (exact) mass is 524 g/mol. The molecule has 4 heteroatoms. The maximum atomic E-state index is 6.12. The molecule has 0 fully saturated rings. The zero-order chi connectivity index (χ0) is 27.3. The molecule has 5 rings (SSSR count). The molecule has 39 heavy (non-hydrogen) atoms. The van der Waals surface area contributed by atoms with Gasteiger partial charge in [0, 0.05) is 12.4 Å². The van der Waals surface area contributed by atoms with Crippen molar-refractivity contribution in [2.75, 3.05) is 0 Å². The Bertz CT molecular complexity index is 1290. The number of nitrogens with zero attached hydrogens (tertiary/aromatic N) is 2. The molecule has 0 aliphatic carbocycles. The van der Waals surface area contributed by atoms with Crippen molar-refractivity contribution in [1.82, 2.24) is 9.55 Å². The number of aromatic nitrogens is 2. The summed E-state index contributed by atoms with van der Waals surface area (Å²) in [5.41, 5.74) is 5.70. The van der Waals surface area contributed by atoms with Gasteiger partial charge in [-0.3, -0.25) is 0 Å². The van der Waals surface area contributed by atoms with E-state index in [1.54, 1.807) is 0 Å². The van der Waals surface area contributed by atoms with E-state index in [0.717, 1.165) is 17.5 Å². The van der Waals surface area contributed by atoms with Crippen LogP contribution in [0, 0.1) is 0 Å². The Labute approximate surface area is 237 Å². The van der Waals surface area contributed by atoms with Gasteiger partial charge in [-0.1, -0.05) is 140 Å². The number of rotatable bonds is 9. The normalized spacial score (nSPS) is 12.5. The van der Waals surface area contributed by atoms with Gasteiger partial charge < -0.3 is 4.57 Å². The van der Waals surface area contributed by atoms with Crippen molar-refractivity contribution < 1.29 is 0 Å². The molecular weight excluding hydrogens is 487 g/mol. The molecule has 0 spiro atoms. The van der Waals surface area contributed by atoms with Crippen LogP contribution in [0.25, 0.3) is 0 Å². The van der Waals surface area contributed by atoms with Crippen LogP contribution >= 0.6 is 0 Å². The van der Waals surface area contributed by atoms with Crippen molar-refractivity contribution in [3.8, 4) is 0 Å². The molecule has 0 saturated heterocycles. The van der Waals surface area contributed by atoms with Crippen molar-refractivity contribution in [2.24, 2.45) is 0 Å². The molecule has 1 heterocycles. The molecule has 0 aliphatic rings. The van der Waals surface area contributed by atoms with Crippen LogP contribution in [0.3, 0.4) is 0 Å². The zero-order valence-electron chi connectivity index (χ0n) is 23.0. The minimum Gasteiger partial charge on any atom is -0.327 e. The highest BCUT2D eigenvalue weighted by Gasteiger charge is 2.37. The Hall–Kier alpha value is -3.89. The van der Waals surface area contributed by atoms with E-state index in [2.05, 4.69) is 127 Å². The van der Waals surface area contributed by atoms with Crippen LogP contribution in [0.4, 0.5) is 0 Å². The van der Waals surface area contributed by atoms with E-state index < -0.39 is 9.52 Å². The standard InChI is InChI=1S/C22H26N2Si.C13H11B/c1-3-4-11-19(2)25-22(24-17-16-23-18-24,20-12-7-5-8-13-20)21-14-9-6-10-15-21;14-13(11-7-3-1-4-8-11)12-9-5-2-6-10-12/h3-10,12-19H,11,25H2,1-2H3;1-10,13H. The lowest BCUT2D eigenvalue weighted by atomic mass is 9.76. The largest absolute Gasteiger partial charge is 0.327 e. The van der Waals surface area contributed by atoms with Gasteiger partial charge >= 0.3 is 0 Å². The average Bonchev–Trinajstić information content (AvgIpc) is 3.56. The van der Waals surface area contributed by atoms with Crippen molar-refractivity contribution in [1.29, 1.82) is 0 Å². The summed E-state index contributed by atoms with van der Waals surface area (Å²) in [6, 6.07) is 42.1. The number of imidazole rings is 1. The van der Waals surface area contributed by atoms with Crippen LogP contribution in [0.2, 0.25) is 5.54 Å². The van der Waals surface area contributed by atoms with Crippen LogP contribution in [-0.4, -0.2) is 26.9 Å². The Morgan fingerprint density at radius 3 is 1.64 bits per heavy atom. The van der Waals surface area contributed by atoms with E-state index in [-0.39, 0.29) is 11.0 Å². The molecular formula is C35H37BN2Si. The number of hydrogen-bond donors (Lipinski definition) is 0. The van der Waals surface area contributed by atoms with E-state index >= 15 is 0 Å². The van der Waals surface area contributed by atoms with Gasteiger partial charge in [-0.15, -0.1) is 0 Å². The summed E-state index contributed by atoms with van der Waals surface area (Å²) in [7, 11) is 5.55. The van der Waals surface area contributed by atoms with Crippen molar-refractivity contribution in [3.05, 3.63) is 174 Å². The molecule has 4 aromatic carbocycles. The second kappa shape index (κ2) is 14.3. The summed E-state index contributed by atoms with van der Waals surface area (Å²) < 4.78 is 2.33. The lowest BCUT2D eigenvalue weighted by Gasteiger charge is -2.38. The molecule has 0 aliphatic heterocycles. The minimum atomic E-state index is -0.571. The first kappa shape index (κ1) is 28.1. The summed E-state index contributed by atoms with van der Waals surface area (Å²) in [6.45, 7) is 4.50. The zero-order valence-corrected chi connectivity index (χ0v) is 24.4. The van der Waals surface area contributed by atoms with E-state index in [1.165, 1.54) is 11.1 Å². The Balaban J connectivity index is 0.000000212. The maximum Gasteiger partial charge on any atom is 0.0953 e. The first-order chi connectivity index (χ1) is 19.1. The summed E-state index contributed by atoms with van der Waals surface area (Å²) in [6.07, 6.45) is 11.6. The Kier molecular flexibility index (Phi) is 10.3. The van der Waals surface area contributed by atoms with E-state index in [0.29, 0.717) is 5.54 Å². The molecule has 194 valence electrons. The van der Waals surface area contributed by atoms with Gasteiger partial charge in [0.2, 0.25) is 0 Å². The third kappa shape index (κ3) is 7.16. The van der Waals surface area contributed by atoms with Gasteiger partial charge in [0.1, 0.15) is 0 Å². The first-order valence-corrected chi connectivity index (χ1v) is 15.2. The summed E-state index contributed by atoms with van der Waals surface area (Å²) in [4.78, 5) is 4.38. The summed E-state index contributed by atoms with van der Waals surface area (Å²) >= 11 is 0. The van der Waals surface area contributed by atoms with Gasteiger partial charge in [-0.05, 0) is 47.0 Å². The van der Waals surface area contributed by atoms with Crippen LogP contribution in [0.15, 0.2) is 152 Å². The molecule has 2 radical (unpaired) electrons. The fourth-order valence-corrected chi connectivity index (χ4v) is 7.90. The average molecular weight is 525 g/mol. The van der Waals surface area contributed by atoms with Gasteiger partial charge in [0.15, 0.2) is 0 Å². The topological polar surface area (TPSA) is 17.8 Å². The summed E-state index contributed by atoms with van der Waals surface area (Å²) in [5.74, 6) is -0.0163. The third-order valence-electron chi connectivity index (χ3n) is 7.18. The highest BCUT2D eigenvalue weighted by Crippen LogP contribution is 2.36. The van der Waals surface area contributed by atoms with E-state index in [4.69, 9.17) is 7.85 Å². The van der Waals surface area contributed by atoms with Gasteiger partial charge in [-0.25, -0.2) is 4.98 Å². The van der Waals surface area contributed by atoms with Gasteiger partial charge in [-0.2, -0.15) is 0 Å². The minimum absolute atomic E-state index is 0.0163. The number of hydrogen-bond acceptors (Lipinski definition) is 1. The van der Waals surface area contributed by atoms with Crippen molar-refractivity contribution in [2.45, 2.75) is 36.8 Å². The summed E-state index contributed by atoms with van der Waals surface area (Å²) in [5, 5.41) is -0.111. The second-order valence-corrected chi connectivity index (χ2v) is 12.8. The highest BCUT2D eigenvalue weighted by atomic mass is 28.2. The van der Waals surface area contributed by atoms with Gasteiger partial charge in [0.05, 0.1) is 28.9 Å². The molecule has 1 aromatic heterocycles. The number of benzene rings is 4. The smallest absolute Gasteiger partial charge is 0.0953 e. The molecule has 2 nitrogen and oxygen atoms in total. The molecule has 0 amide bonds. The SMILES string of the molecule is CC=CCC(C)[SiH2]C(c1ccccc1)(c1ccccc1)n1ccnc1.[B]C(c1ccccc1)c1ccccc1. The van der Waals surface area contributed by atoms with E-state index in [1.807, 2.05) is 48.9 Å². The van der Waals surface area contributed by atoms with Crippen LogP contribution in [-0.2, 0) is 5.16 Å². The Morgan fingerprint density at radius 2 is 1.23 bits per heavy atom.